The van der Waals surface area contributed by atoms with Gasteiger partial charge in [-0.05, 0) is 41.8 Å². The van der Waals surface area contributed by atoms with E-state index in [1.165, 1.54) is 0 Å². The molecule has 40 heavy (non-hydrogen) atoms. The van der Waals surface area contributed by atoms with Crippen LogP contribution in [0.5, 0.6) is 0 Å². The SMILES string of the molecule is Cc1ccc(COCCNC(c2ccccc2)C(NS(=O)(=O)c2c#cccc2C(F)(F)F)c2ccccc2)cc1. The van der Waals surface area contributed by atoms with Crippen molar-refractivity contribution in [3.05, 3.63) is 137 Å². The van der Waals surface area contributed by atoms with E-state index in [4.69, 9.17) is 4.74 Å². The van der Waals surface area contributed by atoms with Gasteiger partial charge in [-0.15, -0.1) is 0 Å². The van der Waals surface area contributed by atoms with Gasteiger partial charge in [0.25, 0.3) is 0 Å². The van der Waals surface area contributed by atoms with Crippen LogP contribution in [0.15, 0.2) is 102 Å². The van der Waals surface area contributed by atoms with Gasteiger partial charge < -0.3 is 10.1 Å². The lowest BCUT2D eigenvalue weighted by atomic mass is 9.94. The van der Waals surface area contributed by atoms with Gasteiger partial charge in [0.15, 0.2) is 0 Å². The van der Waals surface area contributed by atoms with Crippen molar-refractivity contribution in [2.45, 2.75) is 36.7 Å². The van der Waals surface area contributed by atoms with Crippen LogP contribution in [0.1, 0.15) is 39.9 Å². The standard InChI is InChI=1S/C31H29F3N2O3S/c1-23-16-18-24(19-17-23)22-39-21-20-35-29(25-10-4-2-5-11-25)30(26-12-6-3-7-13-26)36-40(37,38)28-15-9-8-14-27(28)31(32,33)34/h2-8,10-14,16-19,29-30,35-36H,20-22H2,1H3. The smallest absolute Gasteiger partial charge is 0.375 e. The van der Waals surface area contributed by atoms with E-state index in [0.29, 0.717) is 31.4 Å². The molecule has 0 saturated heterocycles. The Labute approximate surface area is 233 Å². The predicted molar refractivity (Wildman–Crippen MR) is 147 cm³/mol. The largest absolute Gasteiger partial charge is 0.418 e. The maximum atomic E-state index is 13.7. The van der Waals surface area contributed by atoms with Crippen molar-refractivity contribution in [1.82, 2.24) is 10.0 Å². The minimum atomic E-state index is -4.89. The van der Waals surface area contributed by atoms with E-state index in [1.807, 2.05) is 61.5 Å². The zero-order chi connectivity index (χ0) is 28.6. The van der Waals surface area contributed by atoms with E-state index in [2.05, 4.69) is 22.2 Å². The third-order valence-corrected chi connectivity index (χ3v) is 7.69. The van der Waals surface area contributed by atoms with Crippen LogP contribution >= 0.6 is 0 Å². The number of rotatable bonds is 12. The minimum Gasteiger partial charge on any atom is -0.375 e. The van der Waals surface area contributed by atoms with Gasteiger partial charge in [-0.3, -0.25) is 0 Å². The fraction of sp³-hybridized carbons (Fsp3) is 0.226. The number of sulfonamides is 1. The Morgan fingerprint density at radius 1 is 0.850 bits per heavy atom. The monoisotopic (exact) mass is 566 g/mol. The summed E-state index contributed by atoms with van der Waals surface area (Å²) in [7, 11) is -4.68. The van der Waals surface area contributed by atoms with Crippen molar-refractivity contribution in [3.8, 4) is 0 Å². The number of ether oxygens (including phenoxy) is 1. The molecule has 208 valence electrons. The Balaban J connectivity index is 1.61. The Kier molecular flexibility index (Phi) is 9.61. The highest BCUT2D eigenvalue weighted by atomic mass is 32.2. The number of alkyl halides is 3. The first-order valence-corrected chi connectivity index (χ1v) is 14.1. The summed E-state index contributed by atoms with van der Waals surface area (Å²) in [6.45, 7) is 3.10. The van der Waals surface area contributed by atoms with Crippen molar-refractivity contribution in [3.63, 3.8) is 0 Å². The second-order valence-electron chi connectivity index (χ2n) is 9.23. The van der Waals surface area contributed by atoms with E-state index in [9.17, 15) is 21.6 Å². The van der Waals surface area contributed by atoms with Crippen molar-refractivity contribution in [1.29, 1.82) is 0 Å². The molecule has 0 spiro atoms. The van der Waals surface area contributed by atoms with Crippen LogP contribution in [0.3, 0.4) is 0 Å². The summed E-state index contributed by atoms with van der Waals surface area (Å²) in [6, 6.07) is 30.4. The number of halogens is 3. The van der Waals surface area contributed by atoms with E-state index >= 15 is 0 Å². The van der Waals surface area contributed by atoms with Crippen LogP contribution in [0.4, 0.5) is 13.2 Å². The summed E-state index contributed by atoms with van der Waals surface area (Å²) in [5.74, 6) is 0. The molecule has 4 rings (SSSR count). The van der Waals surface area contributed by atoms with E-state index in [1.54, 1.807) is 30.3 Å². The van der Waals surface area contributed by atoms with Crippen molar-refractivity contribution in [2.24, 2.45) is 0 Å². The fourth-order valence-corrected chi connectivity index (χ4v) is 5.67. The first kappa shape index (κ1) is 29.3. The van der Waals surface area contributed by atoms with Gasteiger partial charge >= 0.3 is 6.18 Å². The number of hydrogen-bond acceptors (Lipinski definition) is 4. The van der Waals surface area contributed by atoms with Gasteiger partial charge in [-0.25, -0.2) is 13.1 Å². The molecule has 0 aliphatic carbocycles. The molecule has 9 heteroatoms. The molecule has 0 radical (unpaired) electrons. The maximum absolute atomic E-state index is 13.7. The molecule has 2 unspecified atom stereocenters. The Bertz CT molecular complexity index is 1460. The van der Waals surface area contributed by atoms with Gasteiger partial charge in [0, 0.05) is 6.54 Å². The van der Waals surface area contributed by atoms with Gasteiger partial charge in [0.2, 0.25) is 10.0 Å². The average molecular weight is 567 g/mol. The lowest BCUT2D eigenvalue weighted by Gasteiger charge is -2.30. The number of benzene rings is 3. The van der Waals surface area contributed by atoms with Crippen LogP contribution < -0.4 is 10.0 Å². The van der Waals surface area contributed by atoms with Crippen LogP contribution in [-0.4, -0.2) is 21.6 Å². The summed E-state index contributed by atoms with van der Waals surface area (Å²) in [5, 5.41) is 3.36. The van der Waals surface area contributed by atoms with Gasteiger partial charge in [-0.1, -0.05) is 96.6 Å². The molecule has 4 aromatic carbocycles. The molecule has 4 aromatic rings. The molecule has 0 aromatic heterocycles. The van der Waals surface area contributed by atoms with Crippen LogP contribution in [0.2, 0.25) is 0 Å². The normalized spacial score (nSPS) is 13.4. The minimum absolute atomic E-state index is 0.325. The first-order valence-electron chi connectivity index (χ1n) is 12.6. The molecule has 0 bridgehead atoms. The molecule has 0 saturated carbocycles. The summed E-state index contributed by atoms with van der Waals surface area (Å²) < 4.78 is 76.3. The third kappa shape index (κ3) is 7.71. The van der Waals surface area contributed by atoms with Crippen molar-refractivity contribution >= 4 is 10.0 Å². The van der Waals surface area contributed by atoms with E-state index in [-0.39, 0.29) is 0 Å². The lowest BCUT2D eigenvalue weighted by Crippen LogP contribution is -2.40. The zero-order valence-corrected chi connectivity index (χ0v) is 22.6. The molecular formula is C31H29F3N2O3S. The highest BCUT2D eigenvalue weighted by Crippen LogP contribution is 2.35. The second kappa shape index (κ2) is 13.1. The maximum Gasteiger partial charge on any atom is 0.418 e. The summed E-state index contributed by atoms with van der Waals surface area (Å²) in [5.41, 5.74) is 2.19. The third-order valence-electron chi connectivity index (χ3n) is 6.27. The highest BCUT2D eigenvalue weighted by Gasteiger charge is 2.39. The van der Waals surface area contributed by atoms with Gasteiger partial charge in [0.05, 0.1) is 30.9 Å². The molecule has 0 fully saturated rings. The summed E-state index contributed by atoms with van der Waals surface area (Å²) in [6.07, 6.45) is -4.89. The average Bonchev–Trinajstić information content (AvgIpc) is 2.95. The number of aryl methyl sites for hydroxylation is 1. The molecule has 2 atom stereocenters. The van der Waals surface area contributed by atoms with E-state index in [0.717, 1.165) is 22.8 Å². The fourth-order valence-electron chi connectivity index (χ4n) is 4.27. The van der Waals surface area contributed by atoms with Crippen molar-refractivity contribution < 1.29 is 26.3 Å². The van der Waals surface area contributed by atoms with Gasteiger partial charge in [-0.2, -0.15) is 13.2 Å². The molecule has 0 amide bonds. The van der Waals surface area contributed by atoms with Crippen LogP contribution in [0, 0.1) is 19.1 Å². The quantitative estimate of drug-likeness (QED) is 0.201. The van der Waals surface area contributed by atoms with Crippen LogP contribution in [-0.2, 0) is 27.5 Å². The lowest BCUT2D eigenvalue weighted by molar-refractivity contribution is -0.139. The molecule has 5 nitrogen and oxygen atoms in total. The predicted octanol–water partition coefficient (Wildman–Crippen LogP) is 6.18. The molecule has 0 aliphatic heterocycles. The summed E-state index contributed by atoms with van der Waals surface area (Å²) in [4.78, 5) is -1.00. The Morgan fingerprint density at radius 3 is 2.05 bits per heavy atom. The topological polar surface area (TPSA) is 67.4 Å². The molecule has 2 N–H and O–H groups in total. The Hall–Kier alpha value is -3.68. The van der Waals surface area contributed by atoms with Gasteiger partial charge in [0.1, 0.15) is 4.90 Å². The first-order chi connectivity index (χ1) is 19.1. The summed E-state index contributed by atoms with van der Waals surface area (Å²) >= 11 is 0. The Morgan fingerprint density at radius 2 is 1.45 bits per heavy atom. The molecular weight excluding hydrogens is 537 g/mol. The van der Waals surface area contributed by atoms with E-state index < -0.39 is 38.7 Å². The molecule has 0 heterocycles. The number of nitrogens with one attached hydrogen (secondary N) is 2. The van der Waals surface area contributed by atoms with Crippen molar-refractivity contribution in [2.75, 3.05) is 13.2 Å². The zero-order valence-electron chi connectivity index (χ0n) is 21.8. The molecule has 0 aliphatic rings. The van der Waals surface area contributed by atoms with Crippen LogP contribution in [0.25, 0.3) is 0 Å². The second-order valence-corrected chi connectivity index (χ2v) is 10.9. The highest BCUT2D eigenvalue weighted by molar-refractivity contribution is 7.89. The number of hydrogen-bond donors (Lipinski definition) is 2.